The number of fused-ring (bicyclic) bond motifs is 1. The van der Waals surface area contributed by atoms with Crippen molar-refractivity contribution in [3.05, 3.63) is 78.6 Å². The number of hydrogen-bond acceptors (Lipinski definition) is 5. The van der Waals surface area contributed by atoms with Crippen LogP contribution in [0.3, 0.4) is 0 Å². The highest BCUT2D eigenvalue weighted by Gasteiger charge is 2.22. The van der Waals surface area contributed by atoms with Gasteiger partial charge in [0, 0.05) is 54.5 Å². The van der Waals surface area contributed by atoms with E-state index in [0.717, 1.165) is 72.3 Å². The van der Waals surface area contributed by atoms with Crippen LogP contribution in [-0.4, -0.2) is 46.3 Å². The molecule has 36 heavy (non-hydrogen) atoms. The predicted octanol–water partition coefficient (Wildman–Crippen LogP) is 5.40. The smallest absolute Gasteiger partial charge is 0.254 e. The van der Waals surface area contributed by atoms with Crippen LogP contribution in [0.4, 0.5) is 17.2 Å². The van der Waals surface area contributed by atoms with Gasteiger partial charge in [-0.2, -0.15) is 0 Å². The Balaban J connectivity index is 1.20. The molecule has 180 valence electrons. The van der Waals surface area contributed by atoms with E-state index in [1.54, 1.807) is 6.20 Å². The average molecular weight is 478 g/mol. The van der Waals surface area contributed by atoms with Crippen molar-refractivity contribution in [2.24, 2.45) is 0 Å². The first-order chi connectivity index (χ1) is 17.7. The zero-order chi connectivity index (χ0) is 24.5. The molecule has 2 aliphatic heterocycles. The molecule has 0 atom stereocenters. The lowest BCUT2D eigenvalue weighted by molar-refractivity contribution is -0.117. The molecule has 0 spiro atoms. The molecule has 2 amide bonds. The molecule has 0 unspecified atom stereocenters. The Hall–Kier alpha value is -4.26. The third-order valence-corrected chi connectivity index (χ3v) is 6.97. The fraction of sp³-hybridized carbons (Fsp3) is 0.241. The number of pyridine rings is 2. The molecule has 7 heteroatoms. The summed E-state index contributed by atoms with van der Waals surface area (Å²) >= 11 is 0. The summed E-state index contributed by atoms with van der Waals surface area (Å²) in [6, 6.07) is 19.7. The first-order valence-electron chi connectivity index (χ1n) is 12.5. The molecule has 2 saturated heterocycles. The van der Waals surface area contributed by atoms with E-state index in [9.17, 15) is 9.59 Å². The summed E-state index contributed by atoms with van der Waals surface area (Å²) in [5, 5.41) is 4.16. The summed E-state index contributed by atoms with van der Waals surface area (Å²) in [6.07, 6.45) is 7.26. The normalized spacial score (nSPS) is 15.6. The summed E-state index contributed by atoms with van der Waals surface area (Å²) in [4.78, 5) is 38.0. The van der Waals surface area contributed by atoms with Gasteiger partial charge in [0.25, 0.3) is 5.91 Å². The second kappa shape index (κ2) is 9.41. The van der Waals surface area contributed by atoms with Gasteiger partial charge in [-0.05, 0) is 67.3 Å². The summed E-state index contributed by atoms with van der Waals surface area (Å²) in [5.41, 5.74) is 5.25. The lowest BCUT2D eigenvalue weighted by atomic mass is 10.1. The van der Waals surface area contributed by atoms with Gasteiger partial charge in [0.15, 0.2) is 0 Å². The molecule has 4 aromatic rings. The van der Waals surface area contributed by atoms with Gasteiger partial charge in [0.05, 0.1) is 17.4 Å². The molecule has 7 nitrogen and oxygen atoms in total. The molecular formula is C29H27N5O2. The second-order valence-electron chi connectivity index (χ2n) is 9.35. The summed E-state index contributed by atoms with van der Waals surface area (Å²) < 4.78 is 0. The van der Waals surface area contributed by atoms with Gasteiger partial charge in [-0.1, -0.05) is 18.2 Å². The monoisotopic (exact) mass is 477 g/mol. The highest BCUT2D eigenvalue weighted by molar-refractivity contribution is 6.07. The van der Waals surface area contributed by atoms with E-state index in [1.807, 2.05) is 76.7 Å². The Morgan fingerprint density at radius 2 is 1.64 bits per heavy atom. The largest absolute Gasteiger partial charge is 0.339 e. The molecule has 2 fully saturated rings. The van der Waals surface area contributed by atoms with Crippen LogP contribution in [0.25, 0.3) is 22.0 Å². The Morgan fingerprint density at radius 1 is 0.833 bits per heavy atom. The van der Waals surface area contributed by atoms with Crippen molar-refractivity contribution >= 4 is 39.9 Å². The van der Waals surface area contributed by atoms with Crippen LogP contribution in [0, 0.1) is 0 Å². The zero-order valence-electron chi connectivity index (χ0n) is 20.0. The third-order valence-electron chi connectivity index (χ3n) is 6.97. The number of hydrogen-bond donors (Lipinski definition) is 1. The number of rotatable bonds is 5. The standard InChI is InChI=1S/C29H27N5O2/c35-28-7-4-16-34(28)23-11-8-20(9-12-23)21-10-13-27(31-18-21)32-22-17-25-24(5-3-6-26(25)30-19-22)29(36)33-14-1-2-15-33/h3,5-6,8-13,17-19H,1-2,4,7,14-16H2,(H,31,32). The van der Waals surface area contributed by atoms with Crippen molar-refractivity contribution in [1.29, 1.82) is 0 Å². The maximum absolute atomic E-state index is 13.1. The molecule has 2 aromatic heterocycles. The van der Waals surface area contributed by atoms with Gasteiger partial charge in [-0.25, -0.2) is 4.98 Å². The van der Waals surface area contributed by atoms with E-state index in [-0.39, 0.29) is 11.8 Å². The van der Waals surface area contributed by atoms with Gasteiger partial charge in [-0.15, -0.1) is 0 Å². The van der Waals surface area contributed by atoms with Crippen LogP contribution in [0.5, 0.6) is 0 Å². The van der Waals surface area contributed by atoms with Crippen LogP contribution in [0.1, 0.15) is 36.0 Å². The molecule has 0 bridgehead atoms. The van der Waals surface area contributed by atoms with Gasteiger partial charge in [0.1, 0.15) is 5.82 Å². The molecular weight excluding hydrogens is 450 g/mol. The average Bonchev–Trinajstić information content (AvgIpc) is 3.61. The highest BCUT2D eigenvalue weighted by atomic mass is 16.2. The van der Waals surface area contributed by atoms with Crippen LogP contribution in [0.2, 0.25) is 0 Å². The SMILES string of the molecule is O=C(c1cccc2ncc(Nc3ccc(-c4ccc(N5CCCC5=O)cc4)cn3)cc12)N1CCCC1. The molecule has 0 aliphatic carbocycles. The van der Waals surface area contributed by atoms with Crippen molar-refractivity contribution in [2.45, 2.75) is 25.7 Å². The van der Waals surface area contributed by atoms with E-state index in [0.29, 0.717) is 17.8 Å². The number of anilines is 3. The number of likely N-dealkylation sites (tertiary alicyclic amines) is 1. The van der Waals surface area contributed by atoms with Gasteiger partial charge < -0.3 is 15.1 Å². The molecule has 1 N–H and O–H groups in total. The Bertz CT molecular complexity index is 1430. The molecule has 0 saturated carbocycles. The third kappa shape index (κ3) is 4.28. The van der Waals surface area contributed by atoms with E-state index < -0.39 is 0 Å². The number of carbonyl (C=O) groups is 2. The maximum Gasteiger partial charge on any atom is 0.254 e. The summed E-state index contributed by atoms with van der Waals surface area (Å²) in [7, 11) is 0. The van der Waals surface area contributed by atoms with E-state index in [2.05, 4.69) is 15.3 Å². The van der Waals surface area contributed by atoms with E-state index >= 15 is 0 Å². The Kier molecular flexibility index (Phi) is 5.81. The van der Waals surface area contributed by atoms with Crippen molar-refractivity contribution in [3.63, 3.8) is 0 Å². The van der Waals surface area contributed by atoms with E-state index in [1.165, 1.54) is 0 Å². The van der Waals surface area contributed by atoms with Crippen molar-refractivity contribution in [2.75, 3.05) is 29.9 Å². The molecule has 0 radical (unpaired) electrons. The number of nitrogens with zero attached hydrogens (tertiary/aromatic N) is 4. The molecule has 4 heterocycles. The second-order valence-corrected chi connectivity index (χ2v) is 9.35. The number of aromatic nitrogens is 2. The minimum atomic E-state index is 0.0691. The summed E-state index contributed by atoms with van der Waals surface area (Å²) in [6.45, 7) is 2.42. The molecule has 2 aliphatic rings. The fourth-order valence-electron chi connectivity index (χ4n) is 5.04. The minimum absolute atomic E-state index is 0.0691. The number of benzene rings is 2. The maximum atomic E-state index is 13.1. The van der Waals surface area contributed by atoms with Crippen molar-refractivity contribution in [1.82, 2.24) is 14.9 Å². The summed E-state index contributed by atoms with van der Waals surface area (Å²) in [5.74, 6) is 0.956. The van der Waals surface area contributed by atoms with Gasteiger partial charge >= 0.3 is 0 Å². The lowest BCUT2D eigenvalue weighted by Gasteiger charge is -2.17. The quantitative estimate of drug-likeness (QED) is 0.416. The number of amides is 2. The topological polar surface area (TPSA) is 78.4 Å². The zero-order valence-corrected chi connectivity index (χ0v) is 20.0. The minimum Gasteiger partial charge on any atom is -0.339 e. The van der Waals surface area contributed by atoms with Crippen LogP contribution in [-0.2, 0) is 4.79 Å². The Labute approximate surface area is 209 Å². The first-order valence-corrected chi connectivity index (χ1v) is 12.5. The molecule has 2 aromatic carbocycles. The predicted molar refractivity (Wildman–Crippen MR) is 141 cm³/mol. The molecule has 6 rings (SSSR count). The van der Waals surface area contributed by atoms with Crippen LogP contribution >= 0.6 is 0 Å². The lowest BCUT2D eigenvalue weighted by Crippen LogP contribution is -2.27. The van der Waals surface area contributed by atoms with Crippen molar-refractivity contribution < 1.29 is 9.59 Å². The van der Waals surface area contributed by atoms with Crippen LogP contribution in [0.15, 0.2) is 73.1 Å². The first kappa shape index (κ1) is 22.2. The highest BCUT2D eigenvalue weighted by Crippen LogP contribution is 2.28. The number of nitrogens with one attached hydrogen (secondary N) is 1. The van der Waals surface area contributed by atoms with E-state index in [4.69, 9.17) is 0 Å². The van der Waals surface area contributed by atoms with Crippen LogP contribution < -0.4 is 10.2 Å². The number of carbonyl (C=O) groups excluding carboxylic acids is 2. The van der Waals surface area contributed by atoms with Crippen molar-refractivity contribution in [3.8, 4) is 11.1 Å². The van der Waals surface area contributed by atoms with Gasteiger partial charge in [0.2, 0.25) is 5.91 Å². The fourth-order valence-corrected chi connectivity index (χ4v) is 5.04. The Morgan fingerprint density at radius 3 is 2.36 bits per heavy atom. The van der Waals surface area contributed by atoms with Gasteiger partial charge in [-0.3, -0.25) is 14.6 Å².